The fourth-order valence-electron chi connectivity index (χ4n) is 3.43. The highest BCUT2D eigenvalue weighted by Crippen LogP contribution is 2.27. The summed E-state index contributed by atoms with van der Waals surface area (Å²) in [7, 11) is 0. The Morgan fingerprint density at radius 3 is 2.29 bits per heavy atom. The number of nitrogens with zero attached hydrogens (tertiary/aromatic N) is 1. The molecule has 0 atom stereocenters. The largest absolute Gasteiger partial charge is 0.488 e. The summed E-state index contributed by atoms with van der Waals surface area (Å²) in [5.41, 5.74) is 4.08. The van der Waals surface area contributed by atoms with Crippen LogP contribution in [0.4, 0.5) is 11.4 Å². The number of benzene rings is 3. The Bertz CT molecular complexity index is 1020. The predicted octanol–water partition coefficient (Wildman–Crippen LogP) is 6.67. The van der Waals surface area contributed by atoms with Crippen LogP contribution in [0.1, 0.15) is 11.1 Å². The highest BCUT2D eigenvalue weighted by molar-refractivity contribution is 6.35. The summed E-state index contributed by atoms with van der Waals surface area (Å²) in [6.45, 7) is 4.33. The molecule has 3 aromatic rings. The maximum Gasteiger partial charge on any atom is 0.124 e. The Balaban J connectivity index is 1.40. The minimum absolute atomic E-state index is 0.346. The zero-order valence-corrected chi connectivity index (χ0v) is 19.2. The number of halogens is 3. The van der Waals surface area contributed by atoms with Crippen LogP contribution in [0.2, 0.25) is 15.1 Å². The lowest BCUT2D eigenvalue weighted by Crippen LogP contribution is -2.36. The summed E-state index contributed by atoms with van der Waals surface area (Å²) in [5.74, 6) is 0.757. The third-order valence-electron chi connectivity index (χ3n) is 5.15. The number of morpholine rings is 1. The van der Waals surface area contributed by atoms with Gasteiger partial charge in [0.05, 0.1) is 13.2 Å². The van der Waals surface area contributed by atoms with E-state index in [1.54, 1.807) is 12.1 Å². The molecule has 0 aliphatic carbocycles. The van der Waals surface area contributed by atoms with Crippen LogP contribution in [-0.2, 0) is 17.9 Å². The van der Waals surface area contributed by atoms with Crippen molar-refractivity contribution in [2.24, 2.45) is 0 Å². The monoisotopic (exact) mass is 476 g/mol. The number of rotatable bonds is 7. The van der Waals surface area contributed by atoms with Crippen molar-refractivity contribution < 1.29 is 9.47 Å². The average molecular weight is 478 g/mol. The van der Waals surface area contributed by atoms with Crippen molar-refractivity contribution in [1.29, 1.82) is 0 Å². The van der Waals surface area contributed by atoms with Crippen LogP contribution < -0.4 is 15.0 Å². The molecule has 1 saturated heterocycles. The van der Waals surface area contributed by atoms with Crippen molar-refractivity contribution in [3.63, 3.8) is 0 Å². The molecule has 1 heterocycles. The summed E-state index contributed by atoms with van der Waals surface area (Å²) in [6, 6.07) is 19.4. The lowest BCUT2D eigenvalue weighted by molar-refractivity contribution is 0.122. The number of hydrogen-bond donors (Lipinski definition) is 1. The SMILES string of the molecule is Clc1ccc(COc2ccc(Cl)cc2CNc2ccc(N3CCOCC3)cc2)c(Cl)c1. The van der Waals surface area contributed by atoms with Crippen LogP contribution in [0.15, 0.2) is 60.7 Å². The van der Waals surface area contributed by atoms with E-state index >= 15 is 0 Å². The van der Waals surface area contributed by atoms with Crippen molar-refractivity contribution in [3.8, 4) is 5.75 Å². The Hall–Kier alpha value is -2.11. The molecule has 0 radical (unpaired) electrons. The third-order valence-corrected chi connectivity index (χ3v) is 5.97. The van der Waals surface area contributed by atoms with Gasteiger partial charge in [0.1, 0.15) is 12.4 Å². The van der Waals surface area contributed by atoms with Gasteiger partial charge < -0.3 is 19.7 Å². The molecular formula is C24H23Cl3N2O2. The summed E-state index contributed by atoms with van der Waals surface area (Å²) < 4.78 is 11.5. The molecule has 4 nitrogen and oxygen atoms in total. The van der Waals surface area contributed by atoms with E-state index in [9.17, 15) is 0 Å². The number of anilines is 2. The molecule has 1 N–H and O–H groups in total. The summed E-state index contributed by atoms with van der Waals surface area (Å²) >= 11 is 18.5. The van der Waals surface area contributed by atoms with Crippen molar-refractivity contribution >= 4 is 46.2 Å². The molecule has 0 saturated carbocycles. The molecule has 1 fully saturated rings. The fraction of sp³-hybridized carbons (Fsp3) is 0.250. The van der Waals surface area contributed by atoms with E-state index in [2.05, 4.69) is 34.5 Å². The van der Waals surface area contributed by atoms with Gasteiger partial charge in [-0.3, -0.25) is 0 Å². The maximum absolute atomic E-state index is 6.26. The van der Waals surface area contributed by atoms with Gasteiger partial charge in [-0.1, -0.05) is 40.9 Å². The zero-order chi connectivity index (χ0) is 21.6. The molecule has 4 rings (SSSR count). The molecular weight excluding hydrogens is 455 g/mol. The number of hydrogen-bond acceptors (Lipinski definition) is 4. The lowest BCUT2D eigenvalue weighted by Gasteiger charge is -2.29. The first-order chi connectivity index (χ1) is 15.1. The van der Waals surface area contributed by atoms with Crippen molar-refractivity contribution in [3.05, 3.63) is 86.9 Å². The van der Waals surface area contributed by atoms with Crippen molar-refractivity contribution in [2.45, 2.75) is 13.2 Å². The fourth-order valence-corrected chi connectivity index (χ4v) is 4.09. The highest BCUT2D eigenvalue weighted by Gasteiger charge is 2.11. The molecule has 0 aromatic heterocycles. The van der Waals surface area contributed by atoms with Gasteiger partial charge >= 0.3 is 0 Å². The van der Waals surface area contributed by atoms with Gasteiger partial charge in [0.15, 0.2) is 0 Å². The molecule has 7 heteroatoms. The minimum atomic E-state index is 0.346. The Kier molecular flexibility index (Phi) is 7.46. The first-order valence-electron chi connectivity index (χ1n) is 10.1. The van der Waals surface area contributed by atoms with Gasteiger partial charge in [0.2, 0.25) is 0 Å². The number of nitrogens with one attached hydrogen (secondary N) is 1. The summed E-state index contributed by atoms with van der Waals surface area (Å²) in [5, 5.41) is 5.30. The highest BCUT2D eigenvalue weighted by atomic mass is 35.5. The Morgan fingerprint density at radius 2 is 1.55 bits per heavy atom. The van der Waals surface area contributed by atoms with Crippen LogP contribution in [0.5, 0.6) is 5.75 Å². The second-order valence-electron chi connectivity index (χ2n) is 7.28. The van der Waals surface area contributed by atoms with E-state index in [0.29, 0.717) is 28.2 Å². The quantitative estimate of drug-likeness (QED) is 0.412. The van der Waals surface area contributed by atoms with Crippen molar-refractivity contribution in [2.75, 3.05) is 36.5 Å². The molecule has 0 amide bonds. The van der Waals surface area contributed by atoms with Crippen molar-refractivity contribution in [1.82, 2.24) is 0 Å². The van der Waals surface area contributed by atoms with Gasteiger partial charge in [-0.2, -0.15) is 0 Å². The topological polar surface area (TPSA) is 33.7 Å². The molecule has 0 unspecified atom stereocenters. The van der Waals surface area contributed by atoms with Crippen LogP contribution in [0.3, 0.4) is 0 Å². The molecule has 0 bridgehead atoms. The van der Waals surface area contributed by atoms with Crippen LogP contribution in [0.25, 0.3) is 0 Å². The van der Waals surface area contributed by atoms with Gasteiger partial charge in [-0.15, -0.1) is 0 Å². The summed E-state index contributed by atoms with van der Waals surface area (Å²) in [6.07, 6.45) is 0. The zero-order valence-electron chi connectivity index (χ0n) is 16.9. The first-order valence-corrected chi connectivity index (χ1v) is 11.2. The molecule has 3 aromatic carbocycles. The first kappa shape index (κ1) is 22.1. The Morgan fingerprint density at radius 1 is 0.839 bits per heavy atom. The van der Waals surface area contributed by atoms with E-state index in [1.165, 1.54) is 5.69 Å². The average Bonchev–Trinajstić information content (AvgIpc) is 2.79. The molecule has 31 heavy (non-hydrogen) atoms. The van der Waals surface area contributed by atoms with Gasteiger partial charge in [-0.05, 0) is 54.6 Å². The lowest BCUT2D eigenvalue weighted by atomic mass is 10.2. The summed E-state index contributed by atoms with van der Waals surface area (Å²) in [4.78, 5) is 2.33. The normalized spacial score (nSPS) is 13.8. The van der Waals surface area contributed by atoms with Gasteiger partial charge in [0.25, 0.3) is 0 Å². The smallest absolute Gasteiger partial charge is 0.124 e. The second-order valence-corrected chi connectivity index (χ2v) is 8.56. The van der Waals surface area contributed by atoms with E-state index < -0.39 is 0 Å². The second kappa shape index (κ2) is 10.5. The van der Waals surface area contributed by atoms with Gasteiger partial charge in [-0.25, -0.2) is 0 Å². The molecule has 1 aliphatic rings. The molecule has 0 spiro atoms. The molecule has 162 valence electrons. The van der Waals surface area contributed by atoms with Gasteiger partial charge in [0, 0.05) is 57.2 Å². The van der Waals surface area contributed by atoms with Crippen LogP contribution >= 0.6 is 34.8 Å². The van der Waals surface area contributed by atoms with Crippen LogP contribution in [0, 0.1) is 0 Å². The van der Waals surface area contributed by atoms with E-state index in [-0.39, 0.29) is 0 Å². The standard InChI is InChI=1S/C24H23Cl3N2O2/c25-19-3-8-24(31-16-17-1-2-20(26)14-23(17)27)18(13-19)15-28-21-4-6-22(7-5-21)29-9-11-30-12-10-29/h1-8,13-14,28H,9-12,15-16H2. The van der Waals surface area contributed by atoms with E-state index in [4.69, 9.17) is 44.3 Å². The maximum atomic E-state index is 6.26. The Labute approximate surface area is 197 Å². The van der Waals surface area contributed by atoms with E-state index in [0.717, 1.165) is 48.9 Å². The predicted molar refractivity (Wildman–Crippen MR) is 129 cm³/mol. The molecule has 1 aliphatic heterocycles. The van der Waals surface area contributed by atoms with E-state index in [1.807, 2.05) is 24.3 Å². The van der Waals surface area contributed by atoms with Crippen LogP contribution in [-0.4, -0.2) is 26.3 Å². The number of ether oxygens (including phenoxy) is 2. The third kappa shape index (κ3) is 5.98. The minimum Gasteiger partial charge on any atom is -0.488 e.